The van der Waals surface area contributed by atoms with Gasteiger partial charge in [-0.25, -0.2) is 9.18 Å². The largest absolute Gasteiger partial charge is 0.333 e. The molecule has 2 aromatic rings. The number of rotatable bonds is 6. The minimum Gasteiger partial charge on any atom is -0.333 e. The quantitative estimate of drug-likeness (QED) is 0.843. The number of thiophene rings is 1. The summed E-state index contributed by atoms with van der Waals surface area (Å²) in [5, 5.41) is 6.81. The van der Waals surface area contributed by atoms with E-state index in [2.05, 4.69) is 10.6 Å². The maximum atomic E-state index is 13.8. The Bertz CT molecular complexity index is 691. The normalized spacial score (nSPS) is 12.0. The Kier molecular flexibility index (Phi) is 6.45. The molecule has 1 aromatic heterocycles. The van der Waals surface area contributed by atoms with E-state index in [-0.39, 0.29) is 18.4 Å². The van der Waals surface area contributed by atoms with Crippen molar-refractivity contribution in [2.45, 2.75) is 19.5 Å². The van der Waals surface area contributed by atoms with Crippen molar-refractivity contribution in [3.05, 3.63) is 58.0 Å². The number of halogens is 1. The first-order chi connectivity index (χ1) is 11.5. The molecule has 1 aromatic carbocycles. The molecular weight excluding hydrogens is 329 g/mol. The summed E-state index contributed by atoms with van der Waals surface area (Å²) in [6.07, 6.45) is 0. The number of likely N-dealkylation sites (N-methyl/N-ethyl adjacent to an activating group) is 1. The summed E-state index contributed by atoms with van der Waals surface area (Å²) in [4.78, 5) is 26.3. The first-order valence-electron chi connectivity index (χ1n) is 7.52. The van der Waals surface area contributed by atoms with E-state index in [9.17, 15) is 14.0 Å². The number of amides is 3. The Labute approximate surface area is 144 Å². The van der Waals surface area contributed by atoms with E-state index in [1.54, 1.807) is 30.1 Å². The van der Waals surface area contributed by atoms with Crippen LogP contribution in [0.25, 0.3) is 0 Å². The summed E-state index contributed by atoms with van der Waals surface area (Å²) in [6, 6.07) is 9.41. The molecule has 0 aliphatic carbocycles. The molecule has 7 heteroatoms. The molecule has 0 bridgehead atoms. The molecule has 2 rings (SSSR count). The molecule has 1 unspecified atom stereocenters. The van der Waals surface area contributed by atoms with Gasteiger partial charge < -0.3 is 5.32 Å². The van der Waals surface area contributed by atoms with E-state index >= 15 is 0 Å². The van der Waals surface area contributed by atoms with E-state index in [1.165, 1.54) is 17.4 Å². The van der Waals surface area contributed by atoms with Crippen LogP contribution in [0.15, 0.2) is 41.8 Å². The smallest absolute Gasteiger partial charge is 0.321 e. The highest BCUT2D eigenvalue weighted by molar-refractivity contribution is 7.09. The van der Waals surface area contributed by atoms with Gasteiger partial charge in [0.25, 0.3) is 0 Å². The fraction of sp³-hybridized carbons (Fsp3) is 0.294. The van der Waals surface area contributed by atoms with Crippen LogP contribution in [0.4, 0.5) is 9.18 Å². The molecule has 5 nitrogen and oxygen atoms in total. The van der Waals surface area contributed by atoms with E-state index in [4.69, 9.17) is 0 Å². The Morgan fingerprint density at radius 1 is 1.25 bits per heavy atom. The molecule has 128 valence electrons. The van der Waals surface area contributed by atoms with Crippen molar-refractivity contribution in [2.24, 2.45) is 0 Å². The Hall–Kier alpha value is -2.25. The number of carbonyl (C=O) groups is 2. The van der Waals surface area contributed by atoms with Crippen LogP contribution >= 0.6 is 11.3 Å². The third kappa shape index (κ3) is 5.14. The molecule has 1 atom stereocenters. The molecule has 0 saturated heterocycles. The van der Waals surface area contributed by atoms with Crippen LogP contribution in [0, 0.1) is 5.82 Å². The second kappa shape index (κ2) is 8.56. The molecule has 3 amide bonds. The topological polar surface area (TPSA) is 61.4 Å². The van der Waals surface area contributed by atoms with Crippen molar-refractivity contribution >= 4 is 23.3 Å². The number of hydrogen-bond donors (Lipinski definition) is 2. The number of benzene rings is 1. The maximum Gasteiger partial charge on any atom is 0.321 e. The highest BCUT2D eigenvalue weighted by atomic mass is 32.1. The average Bonchev–Trinajstić information content (AvgIpc) is 3.06. The SMILES string of the molecule is CC(c1ccccc1F)N(C)CC(=O)NC(=O)NCc1cccs1. The predicted octanol–water partition coefficient (Wildman–Crippen LogP) is 2.91. The maximum absolute atomic E-state index is 13.8. The second-order valence-corrected chi connectivity index (χ2v) is 6.46. The Morgan fingerprint density at radius 2 is 2.00 bits per heavy atom. The molecule has 24 heavy (non-hydrogen) atoms. The third-order valence-corrected chi connectivity index (χ3v) is 4.54. The van der Waals surface area contributed by atoms with Gasteiger partial charge in [0, 0.05) is 16.5 Å². The minimum atomic E-state index is -0.541. The number of nitrogens with one attached hydrogen (secondary N) is 2. The van der Waals surface area contributed by atoms with E-state index in [0.29, 0.717) is 12.1 Å². The lowest BCUT2D eigenvalue weighted by Gasteiger charge is -2.24. The summed E-state index contributed by atoms with van der Waals surface area (Å²) < 4.78 is 13.8. The molecule has 2 N–H and O–H groups in total. The third-order valence-electron chi connectivity index (χ3n) is 3.67. The van der Waals surface area contributed by atoms with E-state index < -0.39 is 11.9 Å². The lowest BCUT2D eigenvalue weighted by atomic mass is 10.1. The van der Waals surface area contributed by atoms with Crippen molar-refractivity contribution in [1.82, 2.24) is 15.5 Å². The van der Waals surface area contributed by atoms with E-state index in [1.807, 2.05) is 24.4 Å². The number of hydrogen-bond acceptors (Lipinski definition) is 4. The summed E-state index contributed by atoms with van der Waals surface area (Å²) in [5.41, 5.74) is 0.509. The van der Waals surface area contributed by atoms with Gasteiger partial charge in [-0.3, -0.25) is 15.0 Å². The van der Waals surface area contributed by atoms with Crippen LogP contribution in [0.1, 0.15) is 23.4 Å². The van der Waals surface area contributed by atoms with Crippen LogP contribution in [-0.4, -0.2) is 30.4 Å². The molecule has 1 heterocycles. The predicted molar refractivity (Wildman–Crippen MR) is 92.1 cm³/mol. The molecule has 0 fully saturated rings. The van der Waals surface area contributed by atoms with Gasteiger partial charge in [0.05, 0.1) is 13.1 Å². The first kappa shape index (κ1) is 18.1. The summed E-state index contributed by atoms with van der Waals surface area (Å²) in [7, 11) is 1.71. The molecule has 0 spiro atoms. The summed E-state index contributed by atoms with van der Waals surface area (Å²) in [6.45, 7) is 2.17. The minimum absolute atomic E-state index is 0.0120. The number of nitrogens with zero attached hydrogens (tertiary/aromatic N) is 1. The van der Waals surface area contributed by atoms with Crippen molar-refractivity contribution < 1.29 is 14.0 Å². The lowest BCUT2D eigenvalue weighted by Crippen LogP contribution is -2.43. The highest BCUT2D eigenvalue weighted by Gasteiger charge is 2.18. The van der Waals surface area contributed by atoms with Gasteiger partial charge in [-0.05, 0) is 31.5 Å². The van der Waals surface area contributed by atoms with Crippen LogP contribution in [0.5, 0.6) is 0 Å². The van der Waals surface area contributed by atoms with Gasteiger partial charge in [-0.2, -0.15) is 0 Å². The number of carbonyl (C=O) groups excluding carboxylic acids is 2. The van der Waals surface area contributed by atoms with Crippen molar-refractivity contribution in [3.8, 4) is 0 Å². The zero-order chi connectivity index (χ0) is 17.5. The van der Waals surface area contributed by atoms with Gasteiger partial charge >= 0.3 is 6.03 Å². The zero-order valence-corrected chi connectivity index (χ0v) is 14.4. The van der Waals surface area contributed by atoms with Crippen molar-refractivity contribution in [1.29, 1.82) is 0 Å². The molecule has 0 aliphatic rings. The van der Waals surface area contributed by atoms with Crippen molar-refractivity contribution in [3.63, 3.8) is 0 Å². The van der Waals surface area contributed by atoms with Gasteiger partial charge in [0.1, 0.15) is 5.82 Å². The fourth-order valence-electron chi connectivity index (χ4n) is 2.21. The van der Waals surface area contributed by atoms with Gasteiger partial charge in [0.15, 0.2) is 0 Å². The van der Waals surface area contributed by atoms with E-state index in [0.717, 1.165) is 4.88 Å². The Balaban J connectivity index is 1.80. The fourth-order valence-corrected chi connectivity index (χ4v) is 2.85. The van der Waals surface area contributed by atoms with Crippen molar-refractivity contribution in [2.75, 3.05) is 13.6 Å². The molecule has 0 saturated carbocycles. The summed E-state index contributed by atoms with van der Waals surface area (Å²) in [5.74, 6) is -0.754. The van der Waals surface area contributed by atoms with Crippen LogP contribution in [0.2, 0.25) is 0 Å². The standard InChI is InChI=1S/C17H20FN3O2S/c1-12(14-7-3-4-8-15(14)18)21(2)11-16(22)20-17(23)19-10-13-6-5-9-24-13/h3-9,12H,10-11H2,1-2H3,(H2,19,20,22,23). The second-order valence-electron chi connectivity index (χ2n) is 5.42. The molecule has 0 radical (unpaired) electrons. The molecular formula is C17H20FN3O2S. The number of imide groups is 1. The van der Waals surface area contributed by atoms with Gasteiger partial charge in [-0.1, -0.05) is 24.3 Å². The average molecular weight is 349 g/mol. The van der Waals surface area contributed by atoms with Crippen LogP contribution < -0.4 is 10.6 Å². The lowest BCUT2D eigenvalue weighted by molar-refractivity contribution is -0.121. The van der Waals surface area contributed by atoms with Crippen LogP contribution in [-0.2, 0) is 11.3 Å². The van der Waals surface area contributed by atoms with Gasteiger partial charge in [0.2, 0.25) is 5.91 Å². The monoisotopic (exact) mass is 349 g/mol. The first-order valence-corrected chi connectivity index (χ1v) is 8.40. The zero-order valence-electron chi connectivity index (χ0n) is 13.6. The Morgan fingerprint density at radius 3 is 2.67 bits per heavy atom. The summed E-state index contributed by atoms with van der Waals surface area (Å²) >= 11 is 1.53. The van der Waals surface area contributed by atoms with Crippen LogP contribution in [0.3, 0.4) is 0 Å². The number of urea groups is 1. The highest BCUT2D eigenvalue weighted by Crippen LogP contribution is 2.20. The molecule has 0 aliphatic heterocycles. The van der Waals surface area contributed by atoms with Gasteiger partial charge in [-0.15, -0.1) is 11.3 Å².